The van der Waals surface area contributed by atoms with Gasteiger partial charge in [-0.15, -0.1) is 0 Å². The second-order valence-electron chi connectivity index (χ2n) is 0. The Labute approximate surface area is 142 Å². The number of nitrogens with zero attached hydrogens (tertiary/aromatic N) is 8. The third kappa shape index (κ3) is 344. The Balaban J connectivity index is -0.00000000500. The Morgan fingerprint density at radius 3 is 0.278 bits per heavy atom. The van der Waals surface area contributed by atoms with Gasteiger partial charge in [-0.1, -0.05) is 0 Å². The molecule has 0 aliphatic rings. The maximum Gasteiger partial charge on any atom is 4.00 e. The van der Waals surface area contributed by atoms with Gasteiger partial charge >= 0.3 is 47.9 Å². The average Bonchev–Trinajstić information content (AvgIpc) is 2.54. The summed E-state index contributed by atoms with van der Waals surface area (Å²) in [6.07, 6.45) is 0. The fourth-order valence-electron chi connectivity index (χ4n) is 0. The normalized spacial score (nSPS) is 0.889. The monoisotopic (exact) mass is 346 g/mol. The molecule has 0 unspecified atom stereocenters. The van der Waals surface area contributed by atoms with Crippen molar-refractivity contribution >= 4 is 0 Å². The van der Waals surface area contributed by atoms with Crippen molar-refractivity contribution in [3.05, 3.63) is 52.6 Å². The molecular formula is C8N8TiZr. The van der Waals surface area contributed by atoms with E-state index in [2.05, 4.69) is 0 Å². The molecule has 8 nitrogen and oxygen atoms in total. The predicted molar refractivity (Wildman–Crippen MR) is 39.7 cm³/mol. The van der Waals surface area contributed by atoms with Crippen molar-refractivity contribution in [2.24, 2.45) is 0 Å². The minimum Gasteiger partial charge on any atom is -0.512 e. The molecule has 0 amide bonds. The summed E-state index contributed by atoms with van der Waals surface area (Å²) in [6.45, 7) is 38.0. The molecule has 0 bridgehead atoms. The summed E-state index contributed by atoms with van der Waals surface area (Å²) >= 11 is 0. The van der Waals surface area contributed by atoms with E-state index in [9.17, 15) is 0 Å². The first-order valence-corrected chi connectivity index (χ1v) is 1.79. The van der Waals surface area contributed by atoms with E-state index in [-0.39, 0.29) is 47.9 Å². The zero-order valence-corrected chi connectivity index (χ0v) is 12.6. The van der Waals surface area contributed by atoms with Crippen LogP contribution in [0.2, 0.25) is 0 Å². The maximum atomic E-state index is 6.25. The molecule has 0 heterocycles. The Kier molecular flexibility index (Phi) is 2570. The Hall–Kier alpha value is -2.48. The van der Waals surface area contributed by atoms with Crippen LogP contribution < -0.4 is 0 Å². The largest absolute Gasteiger partial charge is 4.00 e. The van der Waals surface area contributed by atoms with Gasteiger partial charge < -0.3 is 94.7 Å². The molecular weight excluding hydrogens is 347 g/mol. The molecule has 0 radical (unpaired) electrons. The van der Waals surface area contributed by atoms with Crippen molar-refractivity contribution in [3.63, 3.8) is 0 Å². The van der Waals surface area contributed by atoms with E-state index < -0.39 is 0 Å². The fraction of sp³-hybridized carbons (Fsp3) is 0. The predicted octanol–water partition coefficient (Wildman–Crippen LogP) is 0.766. The second-order valence-corrected chi connectivity index (χ2v) is 0. The van der Waals surface area contributed by atoms with Crippen LogP contribution in [0.1, 0.15) is 0 Å². The number of hydrogen-bond donors (Lipinski definition) is 0. The quantitative estimate of drug-likeness (QED) is 0.453. The third-order valence-electron chi connectivity index (χ3n) is 0. The molecule has 0 N–H and O–H groups in total. The van der Waals surface area contributed by atoms with Crippen LogP contribution in [0.4, 0.5) is 0 Å². The summed E-state index contributed by atoms with van der Waals surface area (Å²) in [4.78, 5) is 0. The van der Waals surface area contributed by atoms with Gasteiger partial charge in [0.05, 0.1) is 0 Å². The van der Waals surface area contributed by atoms with E-state index in [1.807, 2.05) is 0 Å². The first kappa shape index (κ1) is 107. The Morgan fingerprint density at radius 2 is 0.278 bits per heavy atom. The molecule has 0 spiro atoms. The van der Waals surface area contributed by atoms with Gasteiger partial charge in [0, 0.05) is 0 Å². The summed E-state index contributed by atoms with van der Waals surface area (Å²) in [6, 6.07) is 0. The van der Waals surface area contributed by atoms with E-state index in [1.54, 1.807) is 0 Å². The van der Waals surface area contributed by atoms with Crippen molar-refractivity contribution in [2.75, 3.05) is 0 Å². The van der Waals surface area contributed by atoms with Crippen molar-refractivity contribution in [3.8, 4) is 0 Å². The zero-order valence-electron chi connectivity index (χ0n) is 8.58. The Bertz CT molecular complexity index is 137. The topological polar surface area (TPSA) is 190 Å². The summed E-state index contributed by atoms with van der Waals surface area (Å²) in [5.74, 6) is 0. The molecule has 0 atom stereocenters. The molecule has 0 aliphatic carbocycles. The van der Waals surface area contributed by atoms with Gasteiger partial charge in [0.1, 0.15) is 0 Å². The van der Waals surface area contributed by atoms with E-state index in [1.165, 1.54) is 0 Å². The van der Waals surface area contributed by atoms with E-state index >= 15 is 0 Å². The van der Waals surface area contributed by atoms with Crippen LogP contribution in [0.5, 0.6) is 0 Å². The summed E-state index contributed by atoms with van der Waals surface area (Å²) in [5.41, 5.74) is 0. The minimum absolute atomic E-state index is 0. The van der Waals surface area contributed by atoms with Gasteiger partial charge in [0.25, 0.3) is 0 Å². The molecule has 0 saturated carbocycles. The van der Waals surface area contributed by atoms with Gasteiger partial charge in [-0.2, -0.15) is 0 Å². The van der Waals surface area contributed by atoms with Crippen molar-refractivity contribution in [1.82, 2.24) is 0 Å². The average molecular weight is 347 g/mol. The molecule has 18 heavy (non-hydrogen) atoms. The van der Waals surface area contributed by atoms with Crippen LogP contribution >= 0.6 is 0 Å². The molecule has 0 aromatic carbocycles. The molecule has 80 valence electrons. The maximum absolute atomic E-state index is 6.25. The molecule has 10 heteroatoms. The molecule has 0 rings (SSSR count). The first-order chi connectivity index (χ1) is 8.00. The molecule has 0 fully saturated rings. The first-order valence-electron chi connectivity index (χ1n) is 1.79. The minimum atomic E-state index is 0. The van der Waals surface area contributed by atoms with E-state index in [0.29, 0.717) is 0 Å². The van der Waals surface area contributed by atoms with Crippen molar-refractivity contribution < 1.29 is 47.9 Å². The van der Waals surface area contributed by atoms with Crippen LogP contribution in [0.25, 0.3) is 0 Å². The van der Waals surface area contributed by atoms with Crippen molar-refractivity contribution in [1.29, 1.82) is 42.1 Å². The van der Waals surface area contributed by atoms with E-state index in [4.69, 9.17) is 94.7 Å². The summed E-state index contributed by atoms with van der Waals surface area (Å²) in [7, 11) is 0. The second kappa shape index (κ2) is 430. The van der Waals surface area contributed by atoms with Crippen LogP contribution in [0, 0.1) is 94.7 Å². The van der Waals surface area contributed by atoms with Gasteiger partial charge in [0.2, 0.25) is 0 Å². The van der Waals surface area contributed by atoms with Crippen LogP contribution in [0.3, 0.4) is 0 Å². The van der Waals surface area contributed by atoms with E-state index in [0.717, 1.165) is 0 Å². The summed E-state index contributed by atoms with van der Waals surface area (Å²) < 4.78 is 0. The van der Waals surface area contributed by atoms with Gasteiger partial charge in [-0.25, -0.2) is 0 Å². The van der Waals surface area contributed by atoms with Crippen molar-refractivity contribution in [2.45, 2.75) is 0 Å². The molecule has 0 saturated heterocycles. The Morgan fingerprint density at radius 1 is 0.278 bits per heavy atom. The number of rotatable bonds is 0. The molecule has 0 aromatic heterocycles. The summed E-state index contributed by atoms with van der Waals surface area (Å²) in [5, 5.41) is 50.0. The number of hydrogen-bond acceptors (Lipinski definition) is 8. The van der Waals surface area contributed by atoms with Gasteiger partial charge in [-0.05, 0) is 0 Å². The zero-order chi connectivity index (χ0) is 16.0. The van der Waals surface area contributed by atoms with Gasteiger partial charge in [-0.3, -0.25) is 0 Å². The molecule has 0 aromatic rings. The smallest absolute Gasteiger partial charge is 0.512 e. The van der Waals surface area contributed by atoms with Gasteiger partial charge in [0.15, 0.2) is 0 Å². The fourth-order valence-corrected chi connectivity index (χ4v) is 0. The SMILES string of the molecule is [C-]#N.[C-]#N.[C-]#N.[C-]#N.[C-]#N.[C-]#N.[C-]#N.[C-]#N.[Ti+4].[Zr+4]. The van der Waals surface area contributed by atoms with Crippen LogP contribution in [-0.4, -0.2) is 0 Å². The third-order valence-corrected chi connectivity index (χ3v) is 0. The van der Waals surface area contributed by atoms with Crippen LogP contribution in [0.15, 0.2) is 0 Å². The molecule has 0 aliphatic heterocycles. The van der Waals surface area contributed by atoms with Crippen LogP contribution in [-0.2, 0) is 47.9 Å². The standard InChI is InChI=1S/8CN.Ti.Zr/c8*1-2;;/q8*-1;2*+4.